The summed E-state index contributed by atoms with van der Waals surface area (Å²) in [7, 11) is 0. The van der Waals surface area contributed by atoms with Crippen molar-refractivity contribution in [2.24, 2.45) is 0 Å². The summed E-state index contributed by atoms with van der Waals surface area (Å²) in [5.74, 6) is -11.3. The van der Waals surface area contributed by atoms with Gasteiger partial charge in [0, 0.05) is 27.8 Å². The first-order valence-electron chi connectivity index (χ1n) is 15.8. The average Bonchev–Trinajstić information content (AvgIpc) is 3.22. The smallest absolute Gasteiger partial charge is 0.246 e. The second kappa shape index (κ2) is 14.6. The Balaban J connectivity index is 1.99. The molecule has 262 valence electrons. The van der Waals surface area contributed by atoms with Crippen molar-refractivity contribution in [3.63, 3.8) is 0 Å². The molecular weight excluding hydrogens is 668 g/mol. The second-order valence-electron chi connectivity index (χ2n) is 12.0. The molecule has 11 heteroatoms. The largest absolute Gasteiger partial charge is 0.393 e. The number of hydrogen-bond donors (Lipinski definition) is 5. The van der Waals surface area contributed by atoms with Crippen LogP contribution in [0.15, 0.2) is 152 Å². The van der Waals surface area contributed by atoms with E-state index in [9.17, 15) is 54.3 Å². The van der Waals surface area contributed by atoms with Crippen LogP contribution >= 0.6 is 0 Å². The van der Waals surface area contributed by atoms with E-state index in [1.165, 1.54) is 91.0 Å². The van der Waals surface area contributed by atoms with Gasteiger partial charge in [0.1, 0.15) is 0 Å². The number of rotatable bonds is 15. The van der Waals surface area contributed by atoms with Gasteiger partial charge in [-0.15, -0.1) is 0 Å². The quantitative estimate of drug-likeness (QED) is 0.0610. The molecule has 0 spiro atoms. The fraction of sp³-hybridized carbons (Fsp3) is 0.122. The summed E-state index contributed by atoms with van der Waals surface area (Å²) in [4.78, 5) is 87.4. The number of carbonyl (C=O) groups excluding carboxylic acids is 6. The fourth-order valence-corrected chi connectivity index (χ4v) is 6.13. The summed E-state index contributed by atoms with van der Waals surface area (Å²) < 4.78 is 0. The van der Waals surface area contributed by atoms with E-state index in [-0.39, 0.29) is 0 Å². The number of carbonyl (C=O) groups is 6. The van der Waals surface area contributed by atoms with Gasteiger partial charge in [0.05, 0.1) is 6.61 Å². The van der Waals surface area contributed by atoms with E-state index >= 15 is 0 Å². The summed E-state index contributed by atoms with van der Waals surface area (Å²) in [5.41, 5.74) is -20.5. The molecule has 0 bridgehead atoms. The van der Waals surface area contributed by atoms with Gasteiger partial charge in [-0.2, -0.15) is 0 Å². The van der Waals surface area contributed by atoms with Gasteiger partial charge in [0.25, 0.3) is 0 Å². The standard InChI is InChI=1S/C41H32O11/c42-26-38(49,33(44)28-18-8-2-9-19-28)40(51,35(46)30-22-12-4-13-23-30)41(52,36(47)31-24-14-5-15-25-31)39(50,34(45)29-20-10-3-11-21-29)37(48)32(43)27-16-6-1-7-17-27/h1-25,42,49-52H,26H2/t38-,39-,40+,41+/m0/s1. The minimum atomic E-state index is -4.68. The van der Waals surface area contributed by atoms with Gasteiger partial charge >= 0.3 is 0 Å². The molecule has 0 amide bonds. The van der Waals surface area contributed by atoms with Gasteiger partial charge < -0.3 is 25.5 Å². The Kier molecular flexibility index (Phi) is 10.5. The highest BCUT2D eigenvalue weighted by atomic mass is 16.4. The van der Waals surface area contributed by atoms with E-state index in [1.807, 2.05) is 0 Å². The van der Waals surface area contributed by atoms with Crippen molar-refractivity contribution >= 4 is 34.7 Å². The normalized spacial score (nSPS) is 15.8. The van der Waals surface area contributed by atoms with Crippen molar-refractivity contribution in [3.05, 3.63) is 179 Å². The Morgan fingerprint density at radius 1 is 0.385 bits per heavy atom. The van der Waals surface area contributed by atoms with Crippen LogP contribution in [0.25, 0.3) is 0 Å². The Hall–Kier alpha value is -6.08. The van der Waals surface area contributed by atoms with Crippen LogP contribution in [-0.2, 0) is 4.79 Å². The highest BCUT2D eigenvalue weighted by Crippen LogP contribution is 2.48. The molecule has 0 aliphatic rings. The molecular formula is C41H32O11. The molecule has 0 unspecified atom stereocenters. The van der Waals surface area contributed by atoms with Crippen LogP contribution in [0, 0.1) is 0 Å². The summed E-state index contributed by atoms with van der Waals surface area (Å²) in [6.45, 7) is -1.93. The number of hydrogen-bond acceptors (Lipinski definition) is 11. The van der Waals surface area contributed by atoms with E-state index < -0.39 is 91.5 Å². The average molecular weight is 701 g/mol. The van der Waals surface area contributed by atoms with Gasteiger partial charge in [0.15, 0.2) is 11.4 Å². The van der Waals surface area contributed by atoms with E-state index in [0.717, 1.165) is 60.7 Å². The van der Waals surface area contributed by atoms with Gasteiger partial charge in [0.2, 0.25) is 45.7 Å². The number of aliphatic hydroxyl groups is 5. The monoisotopic (exact) mass is 700 g/mol. The number of ketones is 6. The Bertz CT molecular complexity index is 2120. The molecule has 5 N–H and O–H groups in total. The van der Waals surface area contributed by atoms with E-state index in [1.54, 1.807) is 0 Å². The number of benzene rings is 5. The lowest BCUT2D eigenvalue weighted by atomic mass is 9.54. The summed E-state index contributed by atoms with van der Waals surface area (Å²) in [5, 5.41) is 62.3. The molecule has 0 saturated carbocycles. The molecule has 52 heavy (non-hydrogen) atoms. The van der Waals surface area contributed by atoms with Crippen molar-refractivity contribution in [1.29, 1.82) is 0 Å². The molecule has 0 saturated heterocycles. The maximum absolute atomic E-state index is 15.0. The first-order chi connectivity index (χ1) is 24.8. The van der Waals surface area contributed by atoms with Crippen molar-refractivity contribution in [2.45, 2.75) is 22.4 Å². The molecule has 0 heterocycles. The van der Waals surface area contributed by atoms with Crippen LogP contribution in [0.1, 0.15) is 51.8 Å². The summed E-state index contributed by atoms with van der Waals surface area (Å²) in [6.07, 6.45) is 0. The Morgan fingerprint density at radius 2 is 0.673 bits per heavy atom. The minimum Gasteiger partial charge on any atom is -0.393 e. The Morgan fingerprint density at radius 3 is 1.02 bits per heavy atom. The molecule has 0 aromatic heterocycles. The van der Waals surface area contributed by atoms with E-state index in [0.29, 0.717) is 0 Å². The maximum Gasteiger partial charge on any atom is 0.246 e. The van der Waals surface area contributed by atoms with Crippen LogP contribution in [0.3, 0.4) is 0 Å². The molecule has 5 aromatic carbocycles. The summed E-state index contributed by atoms with van der Waals surface area (Å²) >= 11 is 0. The predicted octanol–water partition coefficient (Wildman–Crippen LogP) is 2.89. The number of aliphatic hydroxyl groups excluding tert-OH is 1. The molecule has 0 aliphatic heterocycles. The lowest BCUT2D eigenvalue weighted by Crippen LogP contribution is -2.86. The lowest BCUT2D eigenvalue weighted by Gasteiger charge is -2.53. The number of Topliss-reactive ketones (excluding diaryl/α,β-unsaturated/α-hetero) is 6. The maximum atomic E-state index is 15.0. The minimum absolute atomic E-state index is 0.447. The zero-order valence-corrected chi connectivity index (χ0v) is 27.3. The second-order valence-corrected chi connectivity index (χ2v) is 12.0. The molecule has 5 aromatic rings. The van der Waals surface area contributed by atoms with Crippen molar-refractivity contribution in [3.8, 4) is 0 Å². The van der Waals surface area contributed by atoms with Gasteiger partial charge in [-0.3, -0.25) is 28.8 Å². The van der Waals surface area contributed by atoms with Crippen LogP contribution < -0.4 is 0 Å². The predicted molar refractivity (Wildman–Crippen MR) is 186 cm³/mol. The first kappa shape index (κ1) is 37.2. The Labute approximate surface area is 297 Å². The molecule has 0 radical (unpaired) electrons. The highest BCUT2D eigenvalue weighted by molar-refractivity contribution is 6.52. The third-order valence-electron chi connectivity index (χ3n) is 8.95. The fourth-order valence-electron chi connectivity index (χ4n) is 6.13. The van der Waals surface area contributed by atoms with Crippen LogP contribution in [0.2, 0.25) is 0 Å². The van der Waals surface area contributed by atoms with Gasteiger partial charge in [-0.25, -0.2) is 0 Å². The van der Waals surface area contributed by atoms with E-state index in [2.05, 4.69) is 0 Å². The SMILES string of the molecule is O=C(C(=O)[C@@](O)(C(=O)c1ccccc1)[C@](O)(C(=O)c1ccccc1)[C@@](O)(C(=O)c1ccccc1)[C@](O)(CO)C(=O)c1ccccc1)c1ccccc1. The molecule has 0 fully saturated rings. The highest BCUT2D eigenvalue weighted by Gasteiger charge is 2.82. The molecule has 0 aliphatic carbocycles. The van der Waals surface area contributed by atoms with Crippen LogP contribution in [0.4, 0.5) is 0 Å². The van der Waals surface area contributed by atoms with Crippen LogP contribution in [-0.4, -0.2) is 89.2 Å². The van der Waals surface area contributed by atoms with Crippen molar-refractivity contribution in [1.82, 2.24) is 0 Å². The summed E-state index contributed by atoms with van der Waals surface area (Å²) in [6, 6.07) is 30.8. The first-order valence-corrected chi connectivity index (χ1v) is 15.8. The zero-order chi connectivity index (χ0) is 37.7. The van der Waals surface area contributed by atoms with E-state index in [4.69, 9.17) is 0 Å². The molecule has 5 rings (SSSR count). The topological polar surface area (TPSA) is 204 Å². The lowest BCUT2D eigenvalue weighted by molar-refractivity contribution is -0.230. The third-order valence-corrected chi connectivity index (χ3v) is 8.95. The molecule has 4 atom stereocenters. The zero-order valence-electron chi connectivity index (χ0n) is 27.3. The van der Waals surface area contributed by atoms with Crippen molar-refractivity contribution < 1.29 is 54.3 Å². The molecule has 11 nitrogen and oxygen atoms in total. The van der Waals surface area contributed by atoms with Gasteiger partial charge in [-0.05, 0) is 0 Å². The van der Waals surface area contributed by atoms with Gasteiger partial charge in [-0.1, -0.05) is 152 Å². The van der Waals surface area contributed by atoms with Crippen LogP contribution in [0.5, 0.6) is 0 Å². The van der Waals surface area contributed by atoms with Crippen molar-refractivity contribution in [2.75, 3.05) is 6.61 Å². The third kappa shape index (κ3) is 5.82.